The first-order valence-corrected chi connectivity index (χ1v) is 7.52. The molecule has 1 unspecified atom stereocenters. The van der Waals surface area contributed by atoms with Crippen molar-refractivity contribution < 1.29 is 27.5 Å². The molecule has 1 aromatic carbocycles. The van der Waals surface area contributed by atoms with Crippen molar-refractivity contribution in [3.05, 3.63) is 35.1 Å². The van der Waals surface area contributed by atoms with Crippen LogP contribution in [0, 0.1) is 5.82 Å². The zero-order valence-electron chi connectivity index (χ0n) is 10.6. The SMILES string of the molecule is CCOP(=O)(OCC)C1OC(=O)c2cc(F)ccc21. The largest absolute Gasteiger partial charge is 0.441 e. The van der Waals surface area contributed by atoms with Crippen LogP contribution in [-0.2, 0) is 18.3 Å². The fourth-order valence-corrected chi connectivity index (χ4v) is 3.77. The molecule has 0 N–H and O–H groups in total. The number of rotatable bonds is 5. The van der Waals surface area contributed by atoms with Crippen LogP contribution in [0.15, 0.2) is 18.2 Å². The first-order chi connectivity index (χ1) is 9.01. The molecule has 1 aliphatic rings. The lowest BCUT2D eigenvalue weighted by molar-refractivity contribution is 0.0440. The number of carbonyl (C=O) groups is 1. The van der Waals surface area contributed by atoms with E-state index in [9.17, 15) is 13.8 Å². The van der Waals surface area contributed by atoms with Gasteiger partial charge in [-0.25, -0.2) is 9.18 Å². The molecule has 7 heteroatoms. The van der Waals surface area contributed by atoms with Gasteiger partial charge in [0.15, 0.2) is 0 Å². The van der Waals surface area contributed by atoms with E-state index in [1.807, 2.05) is 0 Å². The van der Waals surface area contributed by atoms with Gasteiger partial charge in [-0.2, -0.15) is 0 Å². The van der Waals surface area contributed by atoms with E-state index >= 15 is 0 Å². The molecular formula is C12H14FO5P. The molecule has 0 radical (unpaired) electrons. The van der Waals surface area contributed by atoms with Crippen LogP contribution in [-0.4, -0.2) is 19.2 Å². The Labute approximate surface area is 110 Å². The highest BCUT2D eigenvalue weighted by atomic mass is 31.2. The molecule has 0 saturated carbocycles. The van der Waals surface area contributed by atoms with Crippen LogP contribution in [0.2, 0.25) is 0 Å². The van der Waals surface area contributed by atoms with Crippen LogP contribution < -0.4 is 0 Å². The van der Waals surface area contributed by atoms with Crippen LogP contribution in [0.4, 0.5) is 4.39 Å². The van der Waals surface area contributed by atoms with Crippen molar-refractivity contribution in [2.75, 3.05) is 13.2 Å². The van der Waals surface area contributed by atoms with Crippen molar-refractivity contribution in [2.24, 2.45) is 0 Å². The van der Waals surface area contributed by atoms with Crippen LogP contribution in [0.1, 0.15) is 35.6 Å². The Kier molecular flexibility index (Phi) is 4.04. The molecule has 5 nitrogen and oxygen atoms in total. The molecule has 0 aliphatic carbocycles. The number of ether oxygens (including phenoxy) is 1. The average molecular weight is 288 g/mol. The summed E-state index contributed by atoms with van der Waals surface area (Å²) in [5, 5.41) is 0. The van der Waals surface area contributed by atoms with Gasteiger partial charge in [0.1, 0.15) is 5.82 Å². The van der Waals surface area contributed by atoms with Gasteiger partial charge < -0.3 is 13.8 Å². The number of carbonyl (C=O) groups excluding carboxylic acids is 1. The fourth-order valence-electron chi connectivity index (χ4n) is 1.92. The summed E-state index contributed by atoms with van der Waals surface area (Å²) in [6.07, 6.45) is 0. The van der Waals surface area contributed by atoms with Gasteiger partial charge in [0.25, 0.3) is 0 Å². The number of fused-ring (bicyclic) bond motifs is 1. The summed E-state index contributed by atoms with van der Waals surface area (Å²) in [5.41, 5.74) is 0.390. The summed E-state index contributed by atoms with van der Waals surface area (Å²) in [7, 11) is -3.62. The van der Waals surface area contributed by atoms with Crippen molar-refractivity contribution in [2.45, 2.75) is 19.7 Å². The quantitative estimate of drug-likeness (QED) is 0.614. The second-order valence-corrected chi connectivity index (χ2v) is 5.93. The maximum absolute atomic E-state index is 13.1. The highest BCUT2D eigenvalue weighted by Gasteiger charge is 2.46. The summed E-state index contributed by atoms with van der Waals surface area (Å²) in [6, 6.07) is 3.60. The molecule has 19 heavy (non-hydrogen) atoms. The van der Waals surface area contributed by atoms with Gasteiger partial charge in [-0.1, -0.05) is 6.07 Å². The molecule has 0 fully saturated rings. The Morgan fingerprint density at radius 3 is 2.53 bits per heavy atom. The molecule has 2 rings (SSSR count). The average Bonchev–Trinajstić information content (AvgIpc) is 2.68. The zero-order chi connectivity index (χ0) is 14.0. The molecule has 0 saturated heterocycles. The Morgan fingerprint density at radius 1 is 1.32 bits per heavy atom. The van der Waals surface area contributed by atoms with Crippen molar-refractivity contribution in [3.63, 3.8) is 0 Å². The summed E-state index contributed by atoms with van der Waals surface area (Å²) in [4.78, 5) is 11.7. The van der Waals surface area contributed by atoms with Crippen molar-refractivity contribution in [3.8, 4) is 0 Å². The fraction of sp³-hybridized carbons (Fsp3) is 0.417. The molecule has 0 aromatic heterocycles. The Morgan fingerprint density at radius 2 is 1.95 bits per heavy atom. The smallest absolute Gasteiger partial charge is 0.375 e. The van der Waals surface area contributed by atoms with E-state index in [-0.39, 0.29) is 18.8 Å². The molecule has 1 aromatic rings. The zero-order valence-corrected chi connectivity index (χ0v) is 11.5. The third-order valence-corrected chi connectivity index (χ3v) is 4.82. The first kappa shape index (κ1) is 14.2. The van der Waals surface area contributed by atoms with E-state index in [4.69, 9.17) is 13.8 Å². The highest BCUT2D eigenvalue weighted by Crippen LogP contribution is 2.63. The minimum Gasteiger partial charge on any atom is -0.441 e. The molecule has 104 valence electrons. The molecule has 1 heterocycles. The van der Waals surface area contributed by atoms with Crippen molar-refractivity contribution in [1.82, 2.24) is 0 Å². The molecule has 0 spiro atoms. The van der Waals surface area contributed by atoms with E-state index in [1.165, 1.54) is 12.1 Å². The molecular weight excluding hydrogens is 274 g/mol. The summed E-state index contributed by atoms with van der Waals surface area (Å²) in [6.45, 7) is 3.63. The minimum absolute atomic E-state index is 0.0598. The van der Waals surface area contributed by atoms with Crippen LogP contribution >= 0.6 is 7.60 Å². The highest BCUT2D eigenvalue weighted by molar-refractivity contribution is 7.54. The second kappa shape index (κ2) is 5.41. The maximum atomic E-state index is 13.1. The van der Waals surface area contributed by atoms with Gasteiger partial charge in [-0.3, -0.25) is 4.57 Å². The lowest BCUT2D eigenvalue weighted by Gasteiger charge is -2.22. The van der Waals surface area contributed by atoms with E-state index in [1.54, 1.807) is 13.8 Å². The van der Waals surface area contributed by atoms with E-state index in [0.717, 1.165) is 6.07 Å². The van der Waals surface area contributed by atoms with Crippen LogP contribution in [0.3, 0.4) is 0 Å². The van der Waals surface area contributed by atoms with Gasteiger partial charge in [-0.05, 0) is 26.0 Å². The number of benzene rings is 1. The number of esters is 1. The Balaban J connectivity index is 2.43. The second-order valence-electron chi connectivity index (χ2n) is 3.86. The summed E-state index contributed by atoms with van der Waals surface area (Å²) >= 11 is 0. The van der Waals surface area contributed by atoms with Gasteiger partial charge in [-0.15, -0.1) is 0 Å². The lowest BCUT2D eigenvalue weighted by atomic mass is 10.1. The van der Waals surface area contributed by atoms with E-state index < -0.39 is 25.2 Å². The van der Waals surface area contributed by atoms with Crippen LogP contribution in [0.5, 0.6) is 0 Å². The lowest BCUT2D eigenvalue weighted by Crippen LogP contribution is -2.06. The van der Waals surface area contributed by atoms with E-state index in [2.05, 4.69) is 0 Å². The molecule has 0 amide bonds. The molecule has 1 aliphatic heterocycles. The van der Waals surface area contributed by atoms with E-state index in [0.29, 0.717) is 5.56 Å². The summed E-state index contributed by atoms with van der Waals surface area (Å²) < 4.78 is 41.1. The van der Waals surface area contributed by atoms with Gasteiger partial charge >= 0.3 is 13.6 Å². The van der Waals surface area contributed by atoms with Gasteiger partial charge in [0.2, 0.25) is 5.85 Å². The van der Waals surface area contributed by atoms with Gasteiger partial charge in [0, 0.05) is 5.56 Å². The van der Waals surface area contributed by atoms with Gasteiger partial charge in [0.05, 0.1) is 18.8 Å². The third-order valence-electron chi connectivity index (χ3n) is 2.63. The molecule has 1 atom stereocenters. The first-order valence-electron chi connectivity index (χ1n) is 5.91. The molecule has 0 bridgehead atoms. The van der Waals surface area contributed by atoms with Crippen molar-refractivity contribution in [1.29, 1.82) is 0 Å². The minimum atomic E-state index is -3.62. The monoisotopic (exact) mass is 288 g/mol. The number of hydrogen-bond donors (Lipinski definition) is 0. The topological polar surface area (TPSA) is 61.8 Å². The predicted octanol–water partition coefficient (Wildman–Crippen LogP) is 3.26. The third kappa shape index (κ3) is 2.56. The predicted molar refractivity (Wildman–Crippen MR) is 65.4 cm³/mol. The number of halogens is 1. The summed E-state index contributed by atoms with van der Waals surface area (Å²) in [5.74, 6) is -2.41. The van der Waals surface area contributed by atoms with Crippen molar-refractivity contribution >= 4 is 13.6 Å². The Hall–Kier alpha value is -1.23. The normalized spacial score (nSPS) is 18.3. The number of cyclic esters (lactones) is 1. The standard InChI is InChI=1S/C12H14FO5P/c1-3-16-19(15,17-4-2)12-9-6-5-8(13)7-10(9)11(14)18-12/h5-7,12H,3-4H2,1-2H3. The number of hydrogen-bond acceptors (Lipinski definition) is 5. The maximum Gasteiger partial charge on any atom is 0.375 e. The Bertz CT molecular complexity index is 535. The van der Waals surface area contributed by atoms with Crippen LogP contribution in [0.25, 0.3) is 0 Å².